The fraction of sp³-hybridized carbons (Fsp3) is 0.391. The summed E-state index contributed by atoms with van der Waals surface area (Å²) in [5.74, 6) is 1.10. The summed E-state index contributed by atoms with van der Waals surface area (Å²) in [6.45, 7) is 2.16. The van der Waals surface area contributed by atoms with E-state index >= 15 is 0 Å². The number of rotatable bonds is 5. The number of anilines is 1. The summed E-state index contributed by atoms with van der Waals surface area (Å²) < 4.78 is 9.06. The molecule has 1 unspecified atom stereocenters. The van der Waals surface area contributed by atoms with Crippen molar-refractivity contribution in [2.24, 2.45) is 5.92 Å². The minimum absolute atomic E-state index is 0.0451. The minimum Gasteiger partial charge on any atom is -0.733 e. The number of benzene rings is 1. The van der Waals surface area contributed by atoms with Crippen molar-refractivity contribution in [1.82, 2.24) is 14.0 Å². The summed E-state index contributed by atoms with van der Waals surface area (Å²) in [7, 11) is 1.65. The minimum atomic E-state index is -0.482. The number of aryl methyl sites for hydroxylation is 1. The molecule has 1 aromatic carbocycles. The van der Waals surface area contributed by atoms with Crippen LogP contribution < -0.4 is 15.5 Å². The Balaban J connectivity index is 1.30. The van der Waals surface area contributed by atoms with Gasteiger partial charge in [-0.2, -0.15) is 0 Å². The van der Waals surface area contributed by atoms with Crippen molar-refractivity contribution in [3.63, 3.8) is 0 Å². The van der Waals surface area contributed by atoms with Gasteiger partial charge in [0.25, 0.3) is 5.56 Å². The highest BCUT2D eigenvalue weighted by Crippen LogP contribution is 2.36. The van der Waals surface area contributed by atoms with Crippen molar-refractivity contribution in [3.05, 3.63) is 63.9 Å². The molecule has 168 valence electrons. The maximum absolute atomic E-state index is 13.0. The highest BCUT2D eigenvalue weighted by molar-refractivity contribution is 5.86. The third kappa shape index (κ3) is 3.43. The highest BCUT2D eigenvalue weighted by Gasteiger charge is 2.36. The number of methoxy groups -OCH3 is 1. The molecule has 0 saturated carbocycles. The Bertz CT molecular complexity index is 1230. The van der Waals surface area contributed by atoms with Crippen LogP contribution in [0.4, 0.5) is 5.69 Å². The summed E-state index contributed by atoms with van der Waals surface area (Å²) in [6.07, 6.45) is 3.28. The first-order valence-electron chi connectivity index (χ1n) is 10.8. The van der Waals surface area contributed by atoms with Gasteiger partial charge < -0.3 is 29.2 Å². The molecule has 2 aliphatic rings. The summed E-state index contributed by atoms with van der Waals surface area (Å²) in [4.78, 5) is 27.5. The first-order chi connectivity index (χ1) is 15.5. The Kier molecular flexibility index (Phi) is 5.15. The fourth-order valence-electron chi connectivity index (χ4n) is 5.23. The number of nitrogens with zero attached hydrogens (tertiary/aromatic N) is 4. The van der Waals surface area contributed by atoms with Gasteiger partial charge in [0, 0.05) is 55.8 Å². The Hall–Kier alpha value is -3.30. The van der Waals surface area contributed by atoms with E-state index < -0.39 is 5.56 Å². The van der Waals surface area contributed by atoms with Crippen LogP contribution in [0.2, 0.25) is 0 Å². The van der Waals surface area contributed by atoms with Gasteiger partial charge in [0.2, 0.25) is 5.91 Å². The SMILES string of the molecule is COc1cccc2c1ccn2CCC(=O)N1CC2C[C@@H](C1)Cn1c2ccc(N([O-])O)c1=O. The van der Waals surface area contributed by atoms with Gasteiger partial charge in [-0.15, -0.1) is 0 Å². The molecule has 9 nitrogen and oxygen atoms in total. The maximum Gasteiger partial charge on any atom is 0.275 e. The van der Waals surface area contributed by atoms with E-state index in [-0.39, 0.29) is 28.7 Å². The van der Waals surface area contributed by atoms with Crippen LogP contribution in [-0.2, 0) is 17.9 Å². The monoisotopic (exact) mass is 437 g/mol. The molecule has 1 fully saturated rings. The first kappa shape index (κ1) is 20.6. The normalized spacial score (nSPS) is 19.7. The molecule has 1 saturated heterocycles. The van der Waals surface area contributed by atoms with Crippen molar-refractivity contribution in [2.75, 3.05) is 25.4 Å². The first-order valence-corrected chi connectivity index (χ1v) is 10.8. The second kappa shape index (κ2) is 7.99. The average molecular weight is 437 g/mol. The molecule has 5 rings (SSSR count). The smallest absolute Gasteiger partial charge is 0.275 e. The summed E-state index contributed by atoms with van der Waals surface area (Å²) in [6, 6.07) is 11.0. The van der Waals surface area contributed by atoms with E-state index in [4.69, 9.17) is 9.94 Å². The maximum atomic E-state index is 13.0. The molecule has 1 N–H and O–H groups in total. The van der Waals surface area contributed by atoms with E-state index in [1.54, 1.807) is 17.7 Å². The number of ether oxygens (including phenoxy) is 1. The van der Waals surface area contributed by atoms with Crippen molar-refractivity contribution in [3.8, 4) is 5.75 Å². The number of aromatic nitrogens is 2. The van der Waals surface area contributed by atoms with Crippen LogP contribution in [0.15, 0.2) is 47.4 Å². The molecule has 3 aromatic rings. The zero-order valence-corrected chi connectivity index (χ0v) is 17.8. The molecular formula is C23H25N4O5-. The molecule has 2 aliphatic heterocycles. The van der Waals surface area contributed by atoms with Crippen LogP contribution in [0.5, 0.6) is 5.75 Å². The van der Waals surface area contributed by atoms with Gasteiger partial charge in [-0.05, 0) is 42.7 Å². The van der Waals surface area contributed by atoms with E-state index in [2.05, 4.69) is 4.57 Å². The number of likely N-dealkylation sites (tertiary alicyclic amines) is 1. The van der Waals surface area contributed by atoms with Gasteiger partial charge in [0.15, 0.2) is 0 Å². The van der Waals surface area contributed by atoms with Gasteiger partial charge in [-0.3, -0.25) is 14.8 Å². The number of piperidine rings is 1. The quantitative estimate of drug-likeness (QED) is 0.616. The molecule has 4 heterocycles. The van der Waals surface area contributed by atoms with E-state index in [9.17, 15) is 14.8 Å². The molecule has 9 heteroatoms. The Morgan fingerprint density at radius 1 is 1.22 bits per heavy atom. The average Bonchev–Trinajstić information content (AvgIpc) is 3.21. The largest absolute Gasteiger partial charge is 0.733 e. The predicted octanol–water partition coefficient (Wildman–Crippen LogP) is 2.54. The molecule has 2 atom stereocenters. The van der Waals surface area contributed by atoms with E-state index in [1.807, 2.05) is 35.4 Å². The van der Waals surface area contributed by atoms with Crippen LogP contribution in [-0.4, -0.2) is 45.3 Å². The third-order valence-corrected chi connectivity index (χ3v) is 6.70. The highest BCUT2D eigenvalue weighted by atomic mass is 16.8. The van der Waals surface area contributed by atoms with Gasteiger partial charge in [0.1, 0.15) is 11.4 Å². The lowest BCUT2D eigenvalue weighted by Gasteiger charge is -2.43. The lowest BCUT2D eigenvalue weighted by molar-refractivity contribution is -0.134. The number of carbonyl (C=O) groups is 1. The second-order valence-electron chi connectivity index (χ2n) is 8.58. The van der Waals surface area contributed by atoms with Crippen molar-refractivity contribution < 1.29 is 14.7 Å². The van der Waals surface area contributed by atoms with Gasteiger partial charge in [-0.25, -0.2) is 0 Å². The van der Waals surface area contributed by atoms with Crippen molar-refractivity contribution in [2.45, 2.75) is 31.8 Å². The second-order valence-corrected chi connectivity index (χ2v) is 8.58. The lowest BCUT2D eigenvalue weighted by atomic mass is 9.83. The van der Waals surface area contributed by atoms with Crippen LogP contribution in [0.3, 0.4) is 0 Å². The Labute approximate surface area is 184 Å². The number of hydrogen-bond donors (Lipinski definition) is 1. The number of fused-ring (bicyclic) bond motifs is 5. The van der Waals surface area contributed by atoms with E-state index in [0.717, 1.165) is 28.8 Å². The zero-order chi connectivity index (χ0) is 22.4. The molecule has 0 radical (unpaired) electrons. The molecule has 32 heavy (non-hydrogen) atoms. The summed E-state index contributed by atoms with van der Waals surface area (Å²) >= 11 is 0. The van der Waals surface area contributed by atoms with E-state index in [1.165, 1.54) is 6.07 Å². The van der Waals surface area contributed by atoms with Crippen LogP contribution in [0.25, 0.3) is 10.9 Å². The van der Waals surface area contributed by atoms with Gasteiger partial charge in [-0.1, -0.05) is 6.07 Å². The molecule has 1 amide bonds. The van der Waals surface area contributed by atoms with Gasteiger partial charge in [0.05, 0.1) is 12.6 Å². The van der Waals surface area contributed by atoms with Crippen LogP contribution >= 0.6 is 0 Å². The van der Waals surface area contributed by atoms with Crippen LogP contribution in [0.1, 0.15) is 24.5 Å². The molecule has 2 bridgehead atoms. The summed E-state index contributed by atoms with van der Waals surface area (Å²) in [5, 5.41) is 21.0. The lowest BCUT2D eigenvalue weighted by Crippen LogP contribution is -2.49. The molecule has 0 aliphatic carbocycles. The number of carbonyl (C=O) groups excluding carboxylic acids is 1. The van der Waals surface area contributed by atoms with Crippen LogP contribution in [0, 0.1) is 11.1 Å². The zero-order valence-electron chi connectivity index (χ0n) is 17.8. The molecule has 2 aromatic heterocycles. The van der Waals surface area contributed by atoms with Crippen molar-refractivity contribution in [1.29, 1.82) is 0 Å². The number of amides is 1. The molecular weight excluding hydrogens is 412 g/mol. The van der Waals surface area contributed by atoms with E-state index in [0.29, 0.717) is 32.6 Å². The standard InChI is InChI=1S/C23H25N4O5/c1-32-21-4-2-3-19-17(21)7-9-24(19)10-8-22(28)25-12-15-11-16(14-25)18-5-6-20(27(30)31)23(29)26(18)13-15/h2-7,9,15-16,30H,8,10-14H2,1H3/q-1/t15-,16?/m0/s1. The topological polar surface area (TPSA) is 103 Å². The predicted molar refractivity (Wildman–Crippen MR) is 119 cm³/mol. The fourth-order valence-corrected chi connectivity index (χ4v) is 5.23. The summed E-state index contributed by atoms with van der Waals surface area (Å²) in [5.41, 5.74) is 1.09. The number of hydrogen-bond acceptors (Lipinski definition) is 6. The molecule has 0 spiro atoms. The third-order valence-electron chi connectivity index (χ3n) is 6.70. The van der Waals surface area contributed by atoms with Gasteiger partial charge >= 0.3 is 0 Å². The Morgan fingerprint density at radius 2 is 2.06 bits per heavy atom. The Morgan fingerprint density at radius 3 is 2.84 bits per heavy atom. The van der Waals surface area contributed by atoms with Crippen molar-refractivity contribution >= 4 is 22.5 Å². The number of pyridine rings is 1.